The maximum atomic E-state index is 3.79. The Kier molecular flexibility index (Phi) is 1.88. The third-order valence-electron chi connectivity index (χ3n) is 2.21. The van der Waals surface area contributed by atoms with Gasteiger partial charge in [-0.3, -0.25) is 0 Å². The van der Waals surface area contributed by atoms with Crippen LogP contribution in [0.1, 0.15) is 31.7 Å². The SMILES string of the molecule is [CH]1CCCCC1n1cnnc1. The van der Waals surface area contributed by atoms with Crippen LogP contribution in [0.15, 0.2) is 12.7 Å². The molecule has 0 aromatic carbocycles. The van der Waals surface area contributed by atoms with Crippen molar-refractivity contribution in [2.75, 3.05) is 0 Å². The zero-order valence-electron chi connectivity index (χ0n) is 6.48. The summed E-state index contributed by atoms with van der Waals surface area (Å²) in [5.41, 5.74) is 0. The number of rotatable bonds is 1. The van der Waals surface area contributed by atoms with E-state index in [9.17, 15) is 0 Å². The van der Waals surface area contributed by atoms with Crippen LogP contribution >= 0.6 is 0 Å². The van der Waals surface area contributed by atoms with Crippen molar-refractivity contribution in [1.82, 2.24) is 14.8 Å². The first-order valence-electron chi connectivity index (χ1n) is 4.14. The van der Waals surface area contributed by atoms with Gasteiger partial charge >= 0.3 is 0 Å². The van der Waals surface area contributed by atoms with E-state index >= 15 is 0 Å². The van der Waals surface area contributed by atoms with E-state index in [1.807, 2.05) is 0 Å². The van der Waals surface area contributed by atoms with Crippen LogP contribution in [-0.4, -0.2) is 14.8 Å². The lowest BCUT2D eigenvalue weighted by atomic mass is 9.95. The molecule has 1 fully saturated rings. The molecule has 1 aliphatic rings. The van der Waals surface area contributed by atoms with Crippen LogP contribution in [0, 0.1) is 6.42 Å². The average Bonchev–Trinajstić information content (AvgIpc) is 2.58. The molecule has 1 radical (unpaired) electrons. The van der Waals surface area contributed by atoms with Gasteiger partial charge in [-0.05, 0) is 19.3 Å². The van der Waals surface area contributed by atoms with Gasteiger partial charge in [0.15, 0.2) is 0 Å². The highest BCUT2D eigenvalue weighted by Gasteiger charge is 2.14. The smallest absolute Gasteiger partial charge is 0.119 e. The molecule has 11 heavy (non-hydrogen) atoms. The van der Waals surface area contributed by atoms with Gasteiger partial charge in [0.05, 0.1) is 0 Å². The maximum absolute atomic E-state index is 3.79. The summed E-state index contributed by atoms with van der Waals surface area (Å²) in [5, 5.41) is 7.58. The Hall–Kier alpha value is -0.860. The van der Waals surface area contributed by atoms with E-state index in [-0.39, 0.29) is 0 Å². The number of hydrogen-bond acceptors (Lipinski definition) is 2. The molecule has 0 aliphatic heterocycles. The number of aromatic nitrogens is 3. The van der Waals surface area contributed by atoms with Gasteiger partial charge in [-0.25, -0.2) is 0 Å². The molecule has 2 rings (SSSR count). The van der Waals surface area contributed by atoms with E-state index in [0.29, 0.717) is 6.04 Å². The van der Waals surface area contributed by atoms with Crippen molar-refractivity contribution in [3.05, 3.63) is 19.1 Å². The second-order valence-corrected chi connectivity index (χ2v) is 3.00. The monoisotopic (exact) mass is 150 g/mol. The molecule has 0 N–H and O–H groups in total. The molecule has 1 aliphatic carbocycles. The second kappa shape index (κ2) is 3.03. The molecule has 1 heterocycles. The summed E-state index contributed by atoms with van der Waals surface area (Å²) >= 11 is 0. The van der Waals surface area contributed by atoms with Crippen molar-refractivity contribution in [2.24, 2.45) is 0 Å². The van der Waals surface area contributed by atoms with Gasteiger partial charge in [-0.2, -0.15) is 0 Å². The minimum atomic E-state index is 0.554. The molecule has 0 bridgehead atoms. The van der Waals surface area contributed by atoms with Crippen LogP contribution in [0.3, 0.4) is 0 Å². The minimum absolute atomic E-state index is 0.554. The fourth-order valence-electron chi connectivity index (χ4n) is 1.58. The molecule has 1 aromatic heterocycles. The summed E-state index contributed by atoms with van der Waals surface area (Å²) in [5.74, 6) is 0. The molecule has 1 atom stereocenters. The highest BCUT2D eigenvalue weighted by Crippen LogP contribution is 2.26. The number of hydrogen-bond donors (Lipinski definition) is 0. The standard InChI is InChI=1S/C8H12N3/c1-2-4-8(5-3-1)11-6-9-10-7-11/h4,6-8H,1-3,5H2. The average molecular weight is 150 g/mol. The Bertz CT molecular complexity index is 199. The molecule has 0 spiro atoms. The zero-order chi connectivity index (χ0) is 7.52. The van der Waals surface area contributed by atoms with Gasteiger partial charge in [0.25, 0.3) is 0 Å². The van der Waals surface area contributed by atoms with Crippen LogP contribution < -0.4 is 0 Å². The van der Waals surface area contributed by atoms with Crippen LogP contribution in [0.25, 0.3) is 0 Å². The fourth-order valence-corrected chi connectivity index (χ4v) is 1.58. The third-order valence-corrected chi connectivity index (χ3v) is 2.21. The molecule has 1 saturated carbocycles. The highest BCUT2D eigenvalue weighted by molar-refractivity contribution is 4.87. The predicted molar refractivity (Wildman–Crippen MR) is 41.8 cm³/mol. The minimum Gasteiger partial charge on any atom is -0.317 e. The molecule has 0 saturated heterocycles. The largest absolute Gasteiger partial charge is 0.317 e. The van der Waals surface area contributed by atoms with E-state index in [1.54, 1.807) is 12.7 Å². The molecule has 0 amide bonds. The van der Waals surface area contributed by atoms with Crippen molar-refractivity contribution >= 4 is 0 Å². The van der Waals surface area contributed by atoms with Crippen LogP contribution in [0.4, 0.5) is 0 Å². The predicted octanol–water partition coefficient (Wildman–Crippen LogP) is 1.60. The van der Waals surface area contributed by atoms with Gasteiger partial charge in [-0.1, -0.05) is 12.8 Å². The van der Waals surface area contributed by atoms with E-state index in [1.165, 1.54) is 25.7 Å². The highest BCUT2D eigenvalue weighted by atomic mass is 15.2. The fraction of sp³-hybridized carbons (Fsp3) is 0.625. The lowest BCUT2D eigenvalue weighted by Crippen LogP contribution is -2.11. The summed E-state index contributed by atoms with van der Waals surface area (Å²) in [6.07, 6.45) is 11.1. The van der Waals surface area contributed by atoms with Crippen LogP contribution in [-0.2, 0) is 0 Å². The van der Waals surface area contributed by atoms with Crippen molar-refractivity contribution in [3.63, 3.8) is 0 Å². The Morgan fingerprint density at radius 3 is 2.64 bits per heavy atom. The molecular formula is C8H12N3. The van der Waals surface area contributed by atoms with Gasteiger partial charge in [-0.15, -0.1) is 10.2 Å². The van der Waals surface area contributed by atoms with E-state index in [2.05, 4.69) is 21.2 Å². The summed E-state index contributed by atoms with van der Waals surface area (Å²) in [4.78, 5) is 0. The first-order valence-corrected chi connectivity index (χ1v) is 4.14. The molecule has 1 aromatic rings. The third kappa shape index (κ3) is 1.42. The van der Waals surface area contributed by atoms with E-state index in [4.69, 9.17) is 0 Å². The summed E-state index contributed by atoms with van der Waals surface area (Å²) in [7, 11) is 0. The Morgan fingerprint density at radius 1 is 1.18 bits per heavy atom. The Labute approximate surface area is 66.4 Å². The topological polar surface area (TPSA) is 30.7 Å². The lowest BCUT2D eigenvalue weighted by Gasteiger charge is -2.21. The molecule has 59 valence electrons. The Balaban J connectivity index is 2.04. The van der Waals surface area contributed by atoms with Crippen molar-refractivity contribution in [2.45, 2.75) is 31.7 Å². The summed E-state index contributed by atoms with van der Waals surface area (Å²) < 4.78 is 2.08. The number of nitrogens with zero attached hydrogens (tertiary/aromatic N) is 3. The quantitative estimate of drug-likeness (QED) is 0.608. The van der Waals surface area contributed by atoms with Gasteiger partial charge in [0, 0.05) is 6.04 Å². The van der Waals surface area contributed by atoms with E-state index < -0.39 is 0 Å². The maximum Gasteiger partial charge on any atom is 0.119 e. The Morgan fingerprint density at radius 2 is 2.00 bits per heavy atom. The van der Waals surface area contributed by atoms with Gasteiger partial charge < -0.3 is 4.57 Å². The molecule has 3 heteroatoms. The first kappa shape index (κ1) is 6.83. The summed E-state index contributed by atoms with van der Waals surface area (Å²) in [6.45, 7) is 0. The molecule has 3 nitrogen and oxygen atoms in total. The first-order chi connectivity index (χ1) is 5.47. The molecule has 1 unspecified atom stereocenters. The van der Waals surface area contributed by atoms with Crippen molar-refractivity contribution < 1.29 is 0 Å². The van der Waals surface area contributed by atoms with Crippen LogP contribution in [0.5, 0.6) is 0 Å². The second-order valence-electron chi connectivity index (χ2n) is 3.00. The lowest BCUT2D eigenvalue weighted by molar-refractivity contribution is 0.433. The van der Waals surface area contributed by atoms with Crippen LogP contribution in [0.2, 0.25) is 0 Å². The summed E-state index contributed by atoms with van der Waals surface area (Å²) in [6, 6.07) is 0.554. The molecular weight excluding hydrogens is 138 g/mol. The van der Waals surface area contributed by atoms with Crippen molar-refractivity contribution in [1.29, 1.82) is 0 Å². The normalized spacial score (nSPS) is 20.4. The van der Waals surface area contributed by atoms with Crippen molar-refractivity contribution in [3.8, 4) is 0 Å². The van der Waals surface area contributed by atoms with Gasteiger partial charge in [0.1, 0.15) is 12.7 Å². The van der Waals surface area contributed by atoms with E-state index in [0.717, 1.165) is 0 Å². The van der Waals surface area contributed by atoms with Gasteiger partial charge in [0.2, 0.25) is 0 Å². The zero-order valence-corrected chi connectivity index (χ0v) is 6.48.